The number of rotatable bonds is 6. The lowest BCUT2D eigenvalue weighted by atomic mass is 9.89. The number of hydrogen-bond acceptors (Lipinski definition) is 7. The van der Waals surface area contributed by atoms with Gasteiger partial charge in [-0.2, -0.15) is 10.1 Å². The Kier molecular flexibility index (Phi) is 8.38. The van der Waals surface area contributed by atoms with Gasteiger partial charge in [-0.25, -0.2) is 9.37 Å². The molecular formula is C31H33ClFN7O2. The van der Waals surface area contributed by atoms with Crippen molar-refractivity contribution in [1.82, 2.24) is 36.0 Å². The molecule has 1 aliphatic rings. The van der Waals surface area contributed by atoms with E-state index in [2.05, 4.69) is 60.2 Å². The predicted molar refractivity (Wildman–Crippen MR) is 161 cm³/mol. The fourth-order valence-corrected chi connectivity index (χ4v) is 5.10. The highest BCUT2D eigenvalue weighted by Gasteiger charge is 2.24. The van der Waals surface area contributed by atoms with Crippen molar-refractivity contribution in [1.29, 1.82) is 0 Å². The first-order chi connectivity index (χ1) is 19.8. The third-order valence-electron chi connectivity index (χ3n) is 7.52. The number of carbonyl (C=O) groups excluding carboxylic acids is 1. The van der Waals surface area contributed by atoms with Gasteiger partial charge >= 0.3 is 0 Å². The molecule has 0 saturated carbocycles. The van der Waals surface area contributed by atoms with E-state index in [4.69, 9.17) is 4.52 Å². The van der Waals surface area contributed by atoms with E-state index >= 15 is 4.39 Å². The summed E-state index contributed by atoms with van der Waals surface area (Å²) in [7, 11) is 0. The van der Waals surface area contributed by atoms with Crippen LogP contribution < -0.4 is 10.6 Å². The number of piperidine rings is 1. The van der Waals surface area contributed by atoms with Gasteiger partial charge in [0, 0.05) is 40.2 Å². The zero-order chi connectivity index (χ0) is 28.6. The van der Waals surface area contributed by atoms with Crippen LogP contribution in [0.3, 0.4) is 0 Å². The number of nitrogens with one attached hydrogen (secondary N) is 3. The number of benzene rings is 2. The summed E-state index contributed by atoms with van der Waals surface area (Å²) in [6, 6.07) is 15.6. The summed E-state index contributed by atoms with van der Waals surface area (Å²) in [5.41, 5.74) is 5.22. The summed E-state index contributed by atoms with van der Waals surface area (Å²) in [4.78, 5) is 21.2. The summed E-state index contributed by atoms with van der Waals surface area (Å²) in [5.74, 6) is -0.115. The molecule has 0 unspecified atom stereocenters. The number of nitrogens with zero attached hydrogens (tertiary/aromatic N) is 4. The Morgan fingerprint density at radius 2 is 1.79 bits per heavy atom. The minimum Gasteiger partial charge on any atom is -0.345 e. The van der Waals surface area contributed by atoms with E-state index in [1.807, 2.05) is 33.0 Å². The van der Waals surface area contributed by atoms with Gasteiger partial charge in [-0.15, -0.1) is 12.4 Å². The third-order valence-corrected chi connectivity index (χ3v) is 7.52. The molecule has 1 saturated heterocycles. The molecular weight excluding hydrogens is 557 g/mol. The van der Waals surface area contributed by atoms with Crippen LogP contribution in [-0.4, -0.2) is 44.3 Å². The lowest BCUT2D eigenvalue weighted by Gasteiger charge is -2.23. The van der Waals surface area contributed by atoms with Crippen LogP contribution in [-0.2, 0) is 12.0 Å². The normalized spacial score (nSPS) is 14.1. The van der Waals surface area contributed by atoms with Crippen LogP contribution in [0.2, 0.25) is 0 Å². The maximum atomic E-state index is 15.1. The van der Waals surface area contributed by atoms with Crippen molar-refractivity contribution in [3.8, 4) is 22.4 Å². The van der Waals surface area contributed by atoms with Gasteiger partial charge in [0.05, 0.1) is 5.69 Å². The Labute approximate surface area is 249 Å². The molecule has 9 nitrogen and oxygen atoms in total. The molecule has 1 aliphatic heterocycles. The first kappa shape index (κ1) is 29.3. The molecule has 4 heterocycles. The Bertz CT molecular complexity index is 1700. The van der Waals surface area contributed by atoms with E-state index in [1.54, 1.807) is 12.1 Å². The number of halogens is 2. The zero-order valence-electron chi connectivity index (χ0n) is 23.7. The smallest absolute Gasteiger partial charge is 0.292 e. The van der Waals surface area contributed by atoms with Gasteiger partial charge in [0.1, 0.15) is 5.82 Å². The number of carbonyl (C=O) groups is 1. The third kappa shape index (κ3) is 6.05. The van der Waals surface area contributed by atoms with Crippen LogP contribution in [0, 0.1) is 5.82 Å². The molecule has 42 heavy (non-hydrogen) atoms. The second-order valence-electron chi connectivity index (χ2n) is 11.5. The molecule has 2 aromatic carbocycles. The van der Waals surface area contributed by atoms with Gasteiger partial charge in [0.2, 0.25) is 5.89 Å². The lowest BCUT2D eigenvalue weighted by Crippen LogP contribution is -2.26. The molecule has 1 fully saturated rings. The molecule has 6 rings (SSSR count). The fourth-order valence-electron chi connectivity index (χ4n) is 5.10. The van der Waals surface area contributed by atoms with Crippen LogP contribution >= 0.6 is 12.4 Å². The predicted octanol–water partition coefficient (Wildman–Crippen LogP) is 5.93. The first-order valence-corrected chi connectivity index (χ1v) is 13.8. The minimum absolute atomic E-state index is 0. The van der Waals surface area contributed by atoms with Gasteiger partial charge in [-0.3, -0.25) is 9.89 Å². The Hall–Kier alpha value is -4.15. The summed E-state index contributed by atoms with van der Waals surface area (Å²) in [6.45, 7) is 7.83. The van der Waals surface area contributed by atoms with Gasteiger partial charge in [-0.1, -0.05) is 62.3 Å². The molecule has 0 radical (unpaired) electrons. The van der Waals surface area contributed by atoms with E-state index in [9.17, 15) is 4.79 Å². The lowest BCUT2D eigenvalue weighted by molar-refractivity contribution is 0.0937. The maximum Gasteiger partial charge on any atom is 0.292 e. The largest absolute Gasteiger partial charge is 0.345 e. The topological polar surface area (TPSA) is 122 Å². The van der Waals surface area contributed by atoms with Crippen LogP contribution in [0.15, 0.2) is 59.3 Å². The average Bonchev–Trinajstić information content (AvgIpc) is 3.65. The van der Waals surface area contributed by atoms with Crippen LogP contribution in [0.4, 0.5) is 4.39 Å². The SMILES string of the molecule is CC(C)(C)c1nc(C(=O)NCc2ccc(-c3[nH]nc4ncc(-c5ccc(C6CCNCC6)cc5)cc34)cc2F)no1.Cl. The zero-order valence-corrected chi connectivity index (χ0v) is 24.5. The van der Waals surface area contributed by atoms with Crippen molar-refractivity contribution >= 4 is 29.3 Å². The van der Waals surface area contributed by atoms with Crippen molar-refractivity contribution in [2.24, 2.45) is 0 Å². The average molecular weight is 590 g/mol. The number of amides is 1. The highest BCUT2D eigenvalue weighted by Crippen LogP contribution is 2.32. The Balaban J connectivity index is 0.00000353. The van der Waals surface area contributed by atoms with Crippen molar-refractivity contribution < 1.29 is 13.7 Å². The second-order valence-corrected chi connectivity index (χ2v) is 11.5. The monoisotopic (exact) mass is 589 g/mol. The second kappa shape index (κ2) is 12.0. The molecule has 218 valence electrons. The molecule has 3 N–H and O–H groups in total. The molecule has 3 aromatic heterocycles. The molecule has 1 amide bonds. The minimum atomic E-state index is -0.533. The maximum absolute atomic E-state index is 15.1. The van der Waals surface area contributed by atoms with E-state index in [1.165, 1.54) is 11.6 Å². The molecule has 11 heteroatoms. The fraction of sp³-hybridized carbons (Fsp3) is 0.323. The van der Waals surface area contributed by atoms with E-state index in [-0.39, 0.29) is 30.2 Å². The van der Waals surface area contributed by atoms with Crippen molar-refractivity contribution in [3.63, 3.8) is 0 Å². The quantitative estimate of drug-likeness (QED) is 0.224. The number of pyridine rings is 1. The van der Waals surface area contributed by atoms with Gasteiger partial charge in [0.15, 0.2) is 5.65 Å². The van der Waals surface area contributed by atoms with Crippen LogP contribution in [0.5, 0.6) is 0 Å². The van der Waals surface area contributed by atoms with Crippen LogP contribution in [0.25, 0.3) is 33.4 Å². The molecule has 5 aromatic rings. The van der Waals surface area contributed by atoms with Crippen LogP contribution in [0.1, 0.15) is 67.2 Å². The standard InChI is InChI=1S/C31H32FN7O2.ClH/c1-31(2,3)30-36-28(39-41-30)29(40)35-16-22-9-8-21(15-25(22)32)26-24-14-23(17-34-27(24)38-37-26)19-6-4-18(5-7-19)20-10-12-33-13-11-20;/h4-9,14-15,17,20,33H,10-13,16H2,1-3H3,(H,35,40)(H,34,37,38);1H. The number of hydrogen-bond donors (Lipinski definition) is 3. The van der Waals surface area contributed by atoms with Crippen molar-refractivity contribution in [3.05, 3.63) is 83.4 Å². The number of aromatic nitrogens is 5. The van der Waals surface area contributed by atoms with Crippen molar-refractivity contribution in [2.75, 3.05) is 13.1 Å². The molecule has 0 spiro atoms. The summed E-state index contributed by atoms with van der Waals surface area (Å²) < 4.78 is 20.3. The van der Waals surface area contributed by atoms with E-state index in [0.717, 1.165) is 42.4 Å². The van der Waals surface area contributed by atoms with Gasteiger partial charge in [-0.05, 0) is 55.1 Å². The van der Waals surface area contributed by atoms with E-state index in [0.29, 0.717) is 34.3 Å². The first-order valence-electron chi connectivity index (χ1n) is 13.8. The van der Waals surface area contributed by atoms with Gasteiger partial charge in [0.25, 0.3) is 11.7 Å². The summed E-state index contributed by atoms with van der Waals surface area (Å²) in [6.07, 6.45) is 4.13. The number of fused-ring (bicyclic) bond motifs is 1. The highest BCUT2D eigenvalue weighted by molar-refractivity contribution is 5.93. The number of H-pyrrole nitrogens is 1. The Morgan fingerprint density at radius 1 is 1.05 bits per heavy atom. The molecule has 0 atom stereocenters. The molecule has 0 aliphatic carbocycles. The van der Waals surface area contributed by atoms with Crippen molar-refractivity contribution in [2.45, 2.75) is 51.5 Å². The Morgan fingerprint density at radius 3 is 2.48 bits per heavy atom. The van der Waals surface area contributed by atoms with E-state index < -0.39 is 11.7 Å². The van der Waals surface area contributed by atoms with Gasteiger partial charge < -0.3 is 15.2 Å². The summed E-state index contributed by atoms with van der Waals surface area (Å²) in [5, 5.41) is 18.0. The highest BCUT2D eigenvalue weighted by atomic mass is 35.5. The summed E-state index contributed by atoms with van der Waals surface area (Å²) >= 11 is 0. The number of aromatic amines is 1. The molecule has 0 bridgehead atoms.